The molecule has 0 aromatic heterocycles. The van der Waals surface area contributed by atoms with Gasteiger partial charge in [-0.15, -0.1) is 0 Å². The Balaban J connectivity index is 2.13. The highest BCUT2D eigenvalue weighted by Gasteiger charge is 2.33. The molecule has 1 aliphatic heterocycles. The van der Waals surface area contributed by atoms with Gasteiger partial charge in [-0.05, 0) is 25.2 Å². The van der Waals surface area contributed by atoms with Crippen LogP contribution >= 0.6 is 15.9 Å². The second-order valence-electron chi connectivity index (χ2n) is 5.64. The molecule has 18 heavy (non-hydrogen) atoms. The van der Waals surface area contributed by atoms with E-state index in [1.54, 1.807) is 0 Å². The average Bonchev–Trinajstić information content (AvgIpc) is 2.71. The van der Waals surface area contributed by atoms with Gasteiger partial charge in [0, 0.05) is 17.5 Å². The maximum absolute atomic E-state index is 6.25. The molecule has 0 radical (unpaired) electrons. The average molecular weight is 326 g/mol. The van der Waals surface area contributed by atoms with Crippen LogP contribution < -0.4 is 0 Å². The molecule has 2 atom stereocenters. The van der Waals surface area contributed by atoms with Crippen molar-refractivity contribution in [1.29, 1.82) is 0 Å². The summed E-state index contributed by atoms with van der Waals surface area (Å²) in [5.74, 6) is 0. The predicted octanol–water partition coefficient (Wildman–Crippen LogP) is 3.86. The zero-order valence-electron chi connectivity index (χ0n) is 11.2. The molecule has 0 saturated heterocycles. The number of aliphatic imine (C=N–C) groups is 1. The molecule has 0 amide bonds. The summed E-state index contributed by atoms with van der Waals surface area (Å²) in [5, 5.41) is 0.873. The first kappa shape index (κ1) is 14.0. The molecule has 0 fully saturated rings. The van der Waals surface area contributed by atoms with Crippen molar-refractivity contribution in [2.45, 2.75) is 38.2 Å². The lowest BCUT2D eigenvalue weighted by Crippen LogP contribution is -2.37. The van der Waals surface area contributed by atoms with Crippen molar-refractivity contribution in [3.8, 4) is 0 Å². The minimum atomic E-state index is -1.51. The van der Waals surface area contributed by atoms with Gasteiger partial charge in [0.05, 0.1) is 12.1 Å². The maximum atomic E-state index is 6.25. The number of halogens is 1. The van der Waals surface area contributed by atoms with Crippen molar-refractivity contribution in [2.24, 2.45) is 4.99 Å². The Morgan fingerprint density at radius 1 is 1.28 bits per heavy atom. The standard InChI is InChI=1S/C14H20BrNOSi/c1-18(2,3)17-14-9-12(16-13(14)10-15)11-7-5-4-6-8-11/h4-8,13-14H,9-10H2,1-3H3/t13-,14-/m0/s1. The molecule has 1 aromatic carbocycles. The highest BCUT2D eigenvalue weighted by molar-refractivity contribution is 9.09. The Morgan fingerprint density at radius 2 is 1.94 bits per heavy atom. The third-order valence-electron chi connectivity index (χ3n) is 2.92. The molecule has 1 aliphatic rings. The monoisotopic (exact) mass is 325 g/mol. The second-order valence-corrected chi connectivity index (χ2v) is 10.7. The van der Waals surface area contributed by atoms with E-state index < -0.39 is 8.32 Å². The number of hydrogen-bond acceptors (Lipinski definition) is 2. The molecule has 2 rings (SSSR count). The van der Waals surface area contributed by atoms with Crippen LogP contribution in [0.3, 0.4) is 0 Å². The van der Waals surface area contributed by atoms with Crippen LogP contribution in [-0.2, 0) is 4.43 Å². The molecule has 0 bridgehead atoms. The minimum Gasteiger partial charge on any atom is -0.412 e. The van der Waals surface area contributed by atoms with E-state index in [1.165, 1.54) is 11.3 Å². The van der Waals surface area contributed by atoms with Gasteiger partial charge in [0.1, 0.15) is 0 Å². The fourth-order valence-corrected chi connectivity index (χ4v) is 3.90. The number of nitrogens with zero attached hydrogens (tertiary/aromatic N) is 1. The van der Waals surface area contributed by atoms with Crippen molar-refractivity contribution >= 4 is 30.0 Å². The lowest BCUT2D eigenvalue weighted by molar-refractivity contribution is 0.190. The molecule has 0 saturated carbocycles. The van der Waals surface area contributed by atoms with E-state index in [0.717, 1.165) is 11.8 Å². The van der Waals surface area contributed by atoms with Gasteiger partial charge in [-0.3, -0.25) is 4.99 Å². The minimum absolute atomic E-state index is 0.242. The molecular formula is C14H20BrNOSi. The van der Waals surface area contributed by atoms with Crippen molar-refractivity contribution in [1.82, 2.24) is 0 Å². The summed E-state index contributed by atoms with van der Waals surface area (Å²) in [5.41, 5.74) is 2.41. The lowest BCUT2D eigenvalue weighted by atomic mass is 10.1. The Hall–Kier alpha value is -0.453. The molecular weight excluding hydrogens is 306 g/mol. The summed E-state index contributed by atoms with van der Waals surface area (Å²) in [6.45, 7) is 6.70. The van der Waals surface area contributed by atoms with Crippen molar-refractivity contribution in [3.05, 3.63) is 35.9 Å². The largest absolute Gasteiger partial charge is 0.412 e. The summed E-state index contributed by atoms with van der Waals surface area (Å²) in [6, 6.07) is 10.7. The zero-order valence-corrected chi connectivity index (χ0v) is 13.8. The normalized spacial score (nSPS) is 24.1. The Bertz CT molecular complexity index is 427. The van der Waals surface area contributed by atoms with Crippen LogP contribution in [0.5, 0.6) is 0 Å². The molecule has 1 aromatic rings. The molecule has 0 N–H and O–H groups in total. The maximum Gasteiger partial charge on any atom is 0.184 e. The number of rotatable bonds is 4. The molecule has 98 valence electrons. The smallest absolute Gasteiger partial charge is 0.184 e. The molecule has 1 heterocycles. The van der Waals surface area contributed by atoms with E-state index in [4.69, 9.17) is 9.42 Å². The molecule has 4 heteroatoms. The van der Waals surface area contributed by atoms with Gasteiger partial charge >= 0.3 is 0 Å². The van der Waals surface area contributed by atoms with Crippen molar-refractivity contribution in [3.63, 3.8) is 0 Å². The second kappa shape index (κ2) is 5.68. The summed E-state index contributed by atoms with van der Waals surface area (Å²) in [4.78, 5) is 4.81. The van der Waals surface area contributed by atoms with Gasteiger partial charge in [-0.2, -0.15) is 0 Å². The zero-order chi connectivity index (χ0) is 13.2. The Labute approximate surface area is 119 Å². The van der Waals surface area contributed by atoms with E-state index in [1.807, 2.05) is 6.07 Å². The van der Waals surface area contributed by atoms with Gasteiger partial charge in [0.15, 0.2) is 8.32 Å². The SMILES string of the molecule is C[Si](C)(C)O[C@H]1CC(c2ccccc2)=N[C@H]1CBr. The van der Waals surface area contributed by atoms with E-state index >= 15 is 0 Å². The summed E-state index contributed by atoms with van der Waals surface area (Å²) in [7, 11) is -1.51. The van der Waals surface area contributed by atoms with Crippen molar-refractivity contribution in [2.75, 3.05) is 5.33 Å². The van der Waals surface area contributed by atoms with Crippen LogP contribution in [0, 0.1) is 0 Å². The van der Waals surface area contributed by atoms with Gasteiger partial charge in [-0.25, -0.2) is 0 Å². The topological polar surface area (TPSA) is 21.6 Å². The fourth-order valence-electron chi connectivity index (χ4n) is 2.19. The first-order valence-electron chi connectivity index (χ1n) is 6.35. The van der Waals surface area contributed by atoms with Gasteiger partial charge < -0.3 is 4.43 Å². The van der Waals surface area contributed by atoms with Gasteiger partial charge in [-0.1, -0.05) is 46.3 Å². The Kier molecular flexibility index (Phi) is 4.40. The van der Waals surface area contributed by atoms with Crippen LogP contribution in [0.1, 0.15) is 12.0 Å². The van der Waals surface area contributed by atoms with Crippen LogP contribution in [-0.4, -0.2) is 31.5 Å². The predicted molar refractivity (Wildman–Crippen MR) is 83.4 cm³/mol. The molecule has 0 unspecified atom stereocenters. The fraction of sp³-hybridized carbons (Fsp3) is 0.500. The third-order valence-corrected chi connectivity index (χ3v) is 4.59. The first-order valence-corrected chi connectivity index (χ1v) is 10.9. The van der Waals surface area contributed by atoms with E-state index in [2.05, 4.69) is 59.8 Å². The summed E-state index contributed by atoms with van der Waals surface area (Å²) in [6.07, 6.45) is 1.18. The van der Waals surface area contributed by atoms with Gasteiger partial charge in [0.25, 0.3) is 0 Å². The van der Waals surface area contributed by atoms with Crippen LogP contribution in [0.25, 0.3) is 0 Å². The Morgan fingerprint density at radius 3 is 2.50 bits per heavy atom. The molecule has 0 spiro atoms. The van der Waals surface area contributed by atoms with Crippen LogP contribution in [0.2, 0.25) is 19.6 Å². The quantitative estimate of drug-likeness (QED) is 0.608. The van der Waals surface area contributed by atoms with Crippen molar-refractivity contribution < 1.29 is 4.43 Å². The van der Waals surface area contributed by atoms with Crippen LogP contribution in [0.4, 0.5) is 0 Å². The first-order chi connectivity index (χ1) is 8.49. The molecule has 0 aliphatic carbocycles. The summed E-state index contributed by atoms with van der Waals surface area (Å²) >= 11 is 3.55. The number of benzene rings is 1. The highest BCUT2D eigenvalue weighted by atomic mass is 79.9. The lowest BCUT2D eigenvalue weighted by Gasteiger charge is -2.26. The van der Waals surface area contributed by atoms with Gasteiger partial charge in [0.2, 0.25) is 0 Å². The highest BCUT2D eigenvalue weighted by Crippen LogP contribution is 2.25. The molecule has 2 nitrogen and oxygen atoms in total. The number of hydrogen-bond donors (Lipinski definition) is 0. The van der Waals surface area contributed by atoms with Crippen LogP contribution in [0.15, 0.2) is 35.3 Å². The van der Waals surface area contributed by atoms with E-state index in [-0.39, 0.29) is 12.1 Å². The number of alkyl halides is 1. The summed E-state index contributed by atoms with van der Waals surface area (Å²) < 4.78 is 6.25. The van der Waals surface area contributed by atoms with E-state index in [9.17, 15) is 0 Å². The third kappa shape index (κ3) is 3.53. The van der Waals surface area contributed by atoms with E-state index in [0.29, 0.717) is 0 Å².